The molecule has 0 aliphatic heterocycles. The topological polar surface area (TPSA) is 76.4 Å². The van der Waals surface area contributed by atoms with Crippen molar-refractivity contribution in [2.75, 3.05) is 12.3 Å². The van der Waals surface area contributed by atoms with E-state index in [4.69, 9.17) is 10.5 Å². The monoisotopic (exact) mass is 251 g/mol. The number of rotatable bonds is 4. The van der Waals surface area contributed by atoms with Gasteiger partial charge in [0.15, 0.2) is 0 Å². The molecule has 4 N–H and O–H groups in total. The highest BCUT2D eigenvalue weighted by Crippen LogP contribution is 2.10. The standard InChI is InChI=1S/C13H21N3O2/c1-13(2,3)18-12(17)16-15-9-8-10-6-4-5-7-11(10)14/h4-7,15H,8-9,14H2,1-3H3,(H,16,17). The molecule has 5 nitrogen and oxygen atoms in total. The van der Waals surface area contributed by atoms with Gasteiger partial charge in [0.05, 0.1) is 0 Å². The van der Waals surface area contributed by atoms with E-state index in [-0.39, 0.29) is 0 Å². The van der Waals surface area contributed by atoms with Gasteiger partial charge in [-0.15, -0.1) is 0 Å². The zero-order valence-corrected chi connectivity index (χ0v) is 11.1. The highest BCUT2D eigenvalue weighted by Gasteiger charge is 2.15. The van der Waals surface area contributed by atoms with Crippen LogP contribution >= 0.6 is 0 Å². The van der Waals surface area contributed by atoms with Gasteiger partial charge in [-0.25, -0.2) is 10.2 Å². The van der Waals surface area contributed by atoms with Crippen LogP contribution in [0.15, 0.2) is 24.3 Å². The summed E-state index contributed by atoms with van der Waals surface area (Å²) in [5, 5.41) is 0. The maximum atomic E-state index is 11.3. The number of nitrogens with one attached hydrogen (secondary N) is 2. The first-order valence-electron chi connectivity index (χ1n) is 5.94. The third-order valence-electron chi connectivity index (χ3n) is 2.16. The first-order valence-corrected chi connectivity index (χ1v) is 5.94. The van der Waals surface area contributed by atoms with Gasteiger partial charge in [0.25, 0.3) is 0 Å². The molecule has 0 saturated heterocycles. The lowest BCUT2D eigenvalue weighted by molar-refractivity contribution is 0.0499. The fourth-order valence-electron chi connectivity index (χ4n) is 1.40. The number of carbonyl (C=O) groups excluding carboxylic acids is 1. The molecule has 1 aromatic rings. The van der Waals surface area contributed by atoms with E-state index >= 15 is 0 Å². The van der Waals surface area contributed by atoms with E-state index in [0.717, 1.165) is 17.7 Å². The largest absolute Gasteiger partial charge is 0.443 e. The minimum Gasteiger partial charge on any atom is -0.443 e. The summed E-state index contributed by atoms with van der Waals surface area (Å²) < 4.78 is 5.08. The number of nitrogens with two attached hydrogens (primary N) is 1. The van der Waals surface area contributed by atoms with Gasteiger partial charge in [0.1, 0.15) is 5.60 Å². The molecule has 0 fully saturated rings. The molecular formula is C13H21N3O2. The molecule has 0 atom stereocenters. The fourth-order valence-corrected chi connectivity index (χ4v) is 1.40. The minimum absolute atomic E-state index is 0.483. The van der Waals surface area contributed by atoms with Crippen molar-refractivity contribution in [2.24, 2.45) is 0 Å². The van der Waals surface area contributed by atoms with Gasteiger partial charge in [-0.05, 0) is 38.8 Å². The number of ether oxygens (including phenoxy) is 1. The predicted octanol–water partition coefficient (Wildman–Crippen LogP) is 1.84. The minimum atomic E-state index is -0.490. The van der Waals surface area contributed by atoms with E-state index in [0.29, 0.717) is 6.54 Å². The van der Waals surface area contributed by atoms with Crippen LogP contribution < -0.4 is 16.6 Å². The molecule has 0 radical (unpaired) electrons. The molecule has 18 heavy (non-hydrogen) atoms. The fraction of sp³-hybridized carbons (Fsp3) is 0.462. The van der Waals surface area contributed by atoms with Gasteiger partial charge in [-0.2, -0.15) is 0 Å². The molecule has 0 spiro atoms. The van der Waals surface area contributed by atoms with Gasteiger partial charge in [-0.1, -0.05) is 18.2 Å². The first kappa shape index (κ1) is 14.3. The van der Waals surface area contributed by atoms with Crippen LogP contribution in [0.5, 0.6) is 0 Å². The number of nitrogen functional groups attached to an aromatic ring is 1. The van der Waals surface area contributed by atoms with Crippen LogP contribution in [0, 0.1) is 0 Å². The van der Waals surface area contributed by atoms with Gasteiger partial charge in [-0.3, -0.25) is 5.43 Å². The SMILES string of the molecule is CC(C)(C)OC(=O)NNCCc1ccccc1N. The molecule has 1 aromatic carbocycles. The zero-order valence-electron chi connectivity index (χ0n) is 11.1. The molecule has 1 rings (SSSR count). The van der Waals surface area contributed by atoms with E-state index in [1.54, 1.807) is 0 Å². The number of hydrogen-bond donors (Lipinski definition) is 3. The number of benzene rings is 1. The van der Waals surface area contributed by atoms with Crippen LogP contribution in [-0.2, 0) is 11.2 Å². The Morgan fingerprint density at radius 3 is 2.61 bits per heavy atom. The maximum Gasteiger partial charge on any atom is 0.422 e. The van der Waals surface area contributed by atoms with E-state index in [9.17, 15) is 4.79 Å². The van der Waals surface area contributed by atoms with Crippen molar-refractivity contribution in [1.82, 2.24) is 10.9 Å². The third-order valence-corrected chi connectivity index (χ3v) is 2.16. The van der Waals surface area contributed by atoms with Gasteiger partial charge in [0.2, 0.25) is 0 Å². The van der Waals surface area contributed by atoms with E-state index in [1.807, 2.05) is 45.0 Å². The maximum absolute atomic E-state index is 11.3. The summed E-state index contributed by atoms with van der Waals surface area (Å²) >= 11 is 0. The molecule has 0 bridgehead atoms. The average Bonchev–Trinajstić information content (AvgIpc) is 2.24. The van der Waals surface area contributed by atoms with Gasteiger partial charge >= 0.3 is 6.09 Å². The van der Waals surface area contributed by atoms with E-state index in [2.05, 4.69) is 10.9 Å². The molecule has 5 heteroatoms. The lowest BCUT2D eigenvalue weighted by atomic mass is 10.1. The van der Waals surface area contributed by atoms with Crippen LogP contribution in [0.25, 0.3) is 0 Å². The summed E-state index contributed by atoms with van der Waals surface area (Å²) in [6.07, 6.45) is 0.256. The van der Waals surface area contributed by atoms with Gasteiger partial charge < -0.3 is 10.5 Å². The normalized spacial score (nSPS) is 11.1. The second-order valence-electron chi connectivity index (χ2n) is 5.00. The number of carbonyl (C=O) groups is 1. The van der Waals surface area contributed by atoms with Crippen LogP contribution in [0.2, 0.25) is 0 Å². The summed E-state index contributed by atoms with van der Waals surface area (Å²) in [6, 6.07) is 7.65. The molecule has 100 valence electrons. The highest BCUT2D eigenvalue weighted by molar-refractivity contribution is 5.66. The molecular weight excluding hydrogens is 230 g/mol. The molecule has 0 aromatic heterocycles. The van der Waals surface area contributed by atoms with Crippen LogP contribution in [-0.4, -0.2) is 18.2 Å². The quantitative estimate of drug-likeness (QED) is 0.433. The summed E-state index contributed by atoms with van der Waals surface area (Å²) in [7, 11) is 0. The predicted molar refractivity (Wildman–Crippen MR) is 71.9 cm³/mol. The number of hydrazine groups is 1. The van der Waals surface area contributed by atoms with Crippen molar-refractivity contribution in [1.29, 1.82) is 0 Å². The molecule has 0 unspecified atom stereocenters. The summed E-state index contributed by atoms with van der Waals surface area (Å²) in [6.45, 7) is 6.04. The summed E-state index contributed by atoms with van der Waals surface area (Å²) in [4.78, 5) is 11.3. The average molecular weight is 251 g/mol. The molecule has 0 saturated carbocycles. The molecule has 0 aliphatic rings. The van der Waals surface area contributed by atoms with Crippen molar-refractivity contribution in [3.05, 3.63) is 29.8 Å². The Labute approximate surface area is 108 Å². The Morgan fingerprint density at radius 2 is 2.00 bits per heavy atom. The first-order chi connectivity index (χ1) is 8.38. The molecule has 0 heterocycles. The van der Waals surface area contributed by atoms with E-state index < -0.39 is 11.7 Å². The lowest BCUT2D eigenvalue weighted by Gasteiger charge is -2.19. The third kappa shape index (κ3) is 5.54. The Kier molecular flexibility index (Phi) is 4.97. The Morgan fingerprint density at radius 1 is 1.33 bits per heavy atom. The summed E-state index contributed by atoms with van der Waals surface area (Å²) in [5.74, 6) is 0. The number of para-hydroxylation sites is 1. The van der Waals surface area contributed by atoms with E-state index in [1.165, 1.54) is 0 Å². The number of anilines is 1. The second-order valence-corrected chi connectivity index (χ2v) is 5.00. The Balaban J connectivity index is 2.23. The Bertz CT molecular complexity index is 399. The van der Waals surface area contributed by atoms with Crippen molar-refractivity contribution in [3.8, 4) is 0 Å². The molecule has 0 aliphatic carbocycles. The zero-order chi connectivity index (χ0) is 13.6. The summed E-state index contributed by atoms with van der Waals surface area (Å²) in [5.41, 5.74) is 12.4. The number of hydrogen-bond acceptors (Lipinski definition) is 4. The van der Waals surface area contributed by atoms with Crippen LogP contribution in [0.3, 0.4) is 0 Å². The van der Waals surface area contributed by atoms with Crippen molar-refractivity contribution in [3.63, 3.8) is 0 Å². The van der Waals surface area contributed by atoms with Crippen molar-refractivity contribution in [2.45, 2.75) is 32.8 Å². The highest BCUT2D eigenvalue weighted by atomic mass is 16.6. The second kappa shape index (κ2) is 6.26. The van der Waals surface area contributed by atoms with Crippen molar-refractivity contribution < 1.29 is 9.53 Å². The number of amides is 1. The van der Waals surface area contributed by atoms with Crippen LogP contribution in [0.4, 0.5) is 10.5 Å². The molecule has 1 amide bonds. The van der Waals surface area contributed by atoms with Gasteiger partial charge in [0, 0.05) is 12.2 Å². The smallest absolute Gasteiger partial charge is 0.422 e. The Hall–Kier alpha value is -1.75. The lowest BCUT2D eigenvalue weighted by Crippen LogP contribution is -2.42. The van der Waals surface area contributed by atoms with Crippen LogP contribution in [0.1, 0.15) is 26.3 Å². The van der Waals surface area contributed by atoms with Crippen molar-refractivity contribution >= 4 is 11.8 Å².